The molecule has 8 heteroatoms. The molecule has 42 heavy (non-hydrogen) atoms. The minimum absolute atomic E-state index is 0.0614. The van der Waals surface area contributed by atoms with Crippen LogP contribution in [0.1, 0.15) is 27.0 Å². The fraction of sp³-hybridized carbons (Fsp3) is 0.0588. The predicted octanol–water partition coefficient (Wildman–Crippen LogP) is 4.09. The van der Waals surface area contributed by atoms with Gasteiger partial charge in [-0.2, -0.15) is 0 Å². The average molecular weight is 554 g/mol. The van der Waals surface area contributed by atoms with Gasteiger partial charge in [0.05, 0.1) is 17.7 Å². The normalized spacial score (nSPS) is 14.7. The van der Waals surface area contributed by atoms with E-state index in [9.17, 15) is 19.5 Å². The molecule has 0 unspecified atom stereocenters. The molecule has 0 fully saturated rings. The third-order valence-corrected chi connectivity index (χ3v) is 7.07. The summed E-state index contributed by atoms with van der Waals surface area (Å²) in [4.78, 5) is 47.8. The Labute approximate surface area is 241 Å². The summed E-state index contributed by atoms with van der Waals surface area (Å²) in [5.41, 5.74) is 4.30. The van der Waals surface area contributed by atoms with Crippen LogP contribution in [0.4, 0.5) is 5.69 Å². The summed E-state index contributed by atoms with van der Waals surface area (Å²) in [6.45, 7) is 0. The first-order valence-electron chi connectivity index (χ1n) is 13.4. The molecule has 1 aromatic heterocycles. The molecule has 0 spiro atoms. The Morgan fingerprint density at radius 3 is 2.26 bits per heavy atom. The van der Waals surface area contributed by atoms with E-state index < -0.39 is 17.9 Å². The van der Waals surface area contributed by atoms with E-state index in [-0.39, 0.29) is 23.6 Å². The smallest absolute Gasteiger partial charge is 0.282 e. The van der Waals surface area contributed by atoms with Crippen molar-refractivity contribution < 1.29 is 19.5 Å². The molecule has 0 radical (unpaired) electrons. The molecular weight excluding hydrogens is 528 g/mol. The second kappa shape index (κ2) is 11.4. The van der Waals surface area contributed by atoms with E-state index in [1.54, 1.807) is 36.5 Å². The highest BCUT2D eigenvalue weighted by atomic mass is 16.4. The SMILES string of the molecule is O=C(N[C@@H](Cc1c[nH]c2ccccc12)C(=O)[O-])c1ccc(N2C(=O)/C(=C\c3ccccc3)N=C2c2ccccc2)cc1. The van der Waals surface area contributed by atoms with Crippen molar-refractivity contribution in [3.8, 4) is 0 Å². The first-order chi connectivity index (χ1) is 20.5. The monoisotopic (exact) mass is 553 g/mol. The fourth-order valence-electron chi connectivity index (χ4n) is 4.96. The highest BCUT2D eigenvalue weighted by Crippen LogP contribution is 2.28. The molecule has 2 heterocycles. The zero-order valence-corrected chi connectivity index (χ0v) is 22.4. The number of aromatic amines is 1. The number of amides is 2. The van der Waals surface area contributed by atoms with Gasteiger partial charge in [-0.05, 0) is 47.5 Å². The average Bonchev–Trinajstić information content (AvgIpc) is 3.58. The van der Waals surface area contributed by atoms with Gasteiger partial charge >= 0.3 is 0 Å². The minimum Gasteiger partial charge on any atom is -0.548 e. The molecule has 206 valence electrons. The van der Waals surface area contributed by atoms with Gasteiger partial charge in [-0.15, -0.1) is 0 Å². The highest BCUT2D eigenvalue weighted by molar-refractivity contribution is 6.33. The number of para-hydroxylation sites is 1. The van der Waals surface area contributed by atoms with E-state index in [0.29, 0.717) is 11.5 Å². The Morgan fingerprint density at radius 2 is 1.55 bits per heavy atom. The fourth-order valence-corrected chi connectivity index (χ4v) is 4.96. The maximum atomic E-state index is 13.6. The first kappa shape index (κ1) is 26.5. The highest BCUT2D eigenvalue weighted by Gasteiger charge is 2.32. The number of carbonyl (C=O) groups is 3. The number of benzene rings is 4. The van der Waals surface area contributed by atoms with Crippen LogP contribution in [-0.4, -0.2) is 34.6 Å². The number of fused-ring (bicyclic) bond motifs is 1. The Morgan fingerprint density at radius 1 is 0.881 bits per heavy atom. The maximum absolute atomic E-state index is 13.6. The van der Waals surface area contributed by atoms with Crippen LogP contribution in [0.2, 0.25) is 0 Å². The van der Waals surface area contributed by atoms with Gasteiger partial charge < -0.3 is 20.2 Å². The van der Waals surface area contributed by atoms with Crippen molar-refractivity contribution >= 4 is 46.3 Å². The van der Waals surface area contributed by atoms with E-state index >= 15 is 0 Å². The van der Waals surface area contributed by atoms with Crippen LogP contribution in [0, 0.1) is 0 Å². The lowest BCUT2D eigenvalue weighted by Crippen LogP contribution is -2.49. The zero-order valence-electron chi connectivity index (χ0n) is 22.4. The molecule has 1 aliphatic rings. The van der Waals surface area contributed by atoms with E-state index in [1.165, 1.54) is 4.90 Å². The van der Waals surface area contributed by atoms with Gasteiger partial charge in [-0.3, -0.25) is 14.5 Å². The third-order valence-electron chi connectivity index (χ3n) is 7.07. The third kappa shape index (κ3) is 5.33. The summed E-state index contributed by atoms with van der Waals surface area (Å²) in [5.74, 6) is -1.78. The molecule has 6 rings (SSSR count). The minimum atomic E-state index is -1.38. The van der Waals surface area contributed by atoms with Gasteiger partial charge in [0.1, 0.15) is 11.5 Å². The van der Waals surface area contributed by atoms with Crippen molar-refractivity contribution in [3.05, 3.63) is 143 Å². The second-order valence-electron chi connectivity index (χ2n) is 9.84. The van der Waals surface area contributed by atoms with E-state index in [0.717, 1.165) is 27.6 Å². The van der Waals surface area contributed by atoms with E-state index in [4.69, 9.17) is 0 Å². The molecule has 4 aromatic carbocycles. The molecule has 8 nitrogen and oxygen atoms in total. The predicted molar refractivity (Wildman–Crippen MR) is 160 cm³/mol. The lowest BCUT2D eigenvalue weighted by atomic mass is 10.0. The summed E-state index contributed by atoms with van der Waals surface area (Å²) in [5, 5.41) is 15.4. The first-order valence-corrected chi connectivity index (χ1v) is 13.4. The zero-order chi connectivity index (χ0) is 29.1. The van der Waals surface area contributed by atoms with Gasteiger partial charge in [0.2, 0.25) is 0 Å². The standard InChI is InChI=1S/C34H26N4O4/c39-32(37-30(34(41)42)20-25-21-35-28-14-8-7-13-27(25)28)24-15-17-26(18-16-24)38-31(23-11-5-2-6-12-23)36-29(33(38)40)19-22-9-3-1-4-10-22/h1-19,21,30,35H,20H2,(H,37,39)(H,41,42)/p-1/b29-19+/t30-/m0/s1. The second-order valence-corrected chi connectivity index (χ2v) is 9.84. The Hall–Kier alpha value is -5.76. The quantitative estimate of drug-likeness (QED) is 0.282. The molecule has 0 aliphatic carbocycles. The van der Waals surface area contributed by atoms with Crippen molar-refractivity contribution in [2.24, 2.45) is 4.99 Å². The largest absolute Gasteiger partial charge is 0.548 e. The number of hydrogen-bond donors (Lipinski definition) is 2. The van der Waals surface area contributed by atoms with Crippen LogP contribution in [0.3, 0.4) is 0 Å². The van der Waals surface area contributed by atoms with Gasteiger partial charge in [-0.1, -0.05) is 78.9 Å². The summed E-state index contributed by atoms with van der Waals surface area (Å²) in [6.07, 6.45) is 3.54. The molecule has 5 aromatic rings. The number of amidine groups is 1. The number of anilines is 1. The Balaban J connectivity index is 1.24. The van der Waals surface area contributed by atoms with Gasteiger partial charge in [0, 0.05) is 34.6 Å². The lowest BCUT2D eigenvalue weighted by Gasteiger charge is -2.21. The van der Waals surface area contributed by atoms with Crippen molar-refractivity contribution in [1.82, 2.24) is 10.3 Å². The molecule has 0 bridgehead atoms. The summed E-state index contributed by atoms with van der Waals surface area (Å²) >= 11 is 0. The topological polar surface area (TPSA) is 118 Å². The van der Waals surface area contributed by atoms with Crippen LogP contribution >= 0.6 is 0 Å². The number of rotatable bonds is 8. The Kier molecular flexibility index (Phi) is 7.17. The maximum Gasteiger partial charge on any atom is 0.282 e. The number of aliphatic imine (C=N–C) groups is 1. The van der Waals surface area contributed by atoms with E-state index in [2.05, 4.69) is 15.3 Å². The number of nitrogens with zero attached hydrogens (tertiary/aromatic N) is 2. The van der Waals surface area contributed by atoms with Crippen molar-refractivity contribution in [3.63, 3.8) is 0 Å². The summed E-state index contributed by atoms with van der Waals surface area (Å²) < 4.78 is 0. The lowest BCUT2D eigenvalue weighted by molar-refractivity contribution is -0.308. The number of carbonyl (C=O) groups excluding carboxylic acids is 3. The van der Waals surface area contributed by atoms with Crippen molar-refractivity contribution in [2.75, 3.05) is 4.90 Å². The number of H-pyrrole nitrogens is 1. The van der Waals surface area contributed by atoms with Crippen LogP contribution in [0.15, 0.2) is 126 Å². The summed E-state index contributed by atoms with van der Waals surface area (Å²) in [6, 6.07) is 31.5. The molecule has 1 aliphatic heterocycles. The number of carboxylic acid groups (broad SMARTS) is 1. The molecule has 2 N–H and O–H groups in total. The molecule has 0 saturated heterocycles. The number of nitrogens with one attached hydrogen (secondary N) is 2. The van der Waals surface area contributed by atoms with Crippen LogP contribution in [0.5, 0.6) is 0 Å². The van der Waals surface area contributed by atoms with Crippen LogP contribution in [0.25, 0.3) is 17.0 Å². The number of hydrogen-bond acceptors (Lipinski definition) is 5. The van der Waals surface area contributed by atoms with Crippen LogP contribution < -0.4 is 15.3 Å². The molecule has 2 amide bonds. The van der Waals surface area contributed by atoms with Gasteiger partial charge in [0.15, 0.2) is 0 Å². The number of carboxylic acids is 1. The van der Waals surface area contributed by atoms with Crippen LogP contribution in [-0.2, 0) is 16.0 Å². The number of aromatic nitrogens is 1. The Bertz CT molecular complexity index is 1840. The molecular formula is C34H25N4O4-. The van der Waals surface area contributed by atoms with Gasteiger partial charge in [0.25, 0.3) is 11.8 Å². The molecule has 0 saturated carbocycles. The van der Waals surface area contributed by atoms with Crippen molar-refractivity contribution in [1.29, 1.82) is 0 Å². The van der Waals surface area contributed by atoms with E-state index in [1.807, 2.05) is 84.9 Å². The number of aliphatic carboxylic acids is 1. The molecule has 1 atom stereocenters. The van der Waals surface area contributed by atoms with Crippen molar-refractivity contribution in [2.45, 2.75) is 12.5 Å². The summed E-state index contributed by atoms with van der Waals surface area (Å²) in [7, 11) is 0. The van der Waals surface area contributed by atoms with Gasteiger partial charge in [-0.25, -0.2) is 4.99 Å².